The van der Waals surface area contributed by atoms with Crippen LogP contribution in [0.5, 0.6) is 0 Å². The average Bonchev–Trinajstić information content (AvgIpc) is 2.55. The van der Waals surface area contributed by atoms with Gasteiger partial charge in [-0.1, -0.05) is 6.92 Å². The third-order valence-corrected chi connectivity index (χ3v) is 4.51. The summed E-state index contributed by atoms with van der Waals surface area (Å²) in [6.45, 7) is 6.37. The van der Waals surface area contributed by atoms with Gasteiger partial charge in [0.05, 0.1) is 5.88 Å². The molecule has 17 heavy (non-hydrogen) atoms. The second-order valence-corrected chi connectivity index (χ2v) is 5.38. The molecule has 0 atom stereocenters. The number of alkyl halides is 1. The lowest BCUT2D eigenvalue weighted by molar-refractivity contribution is 0.101. The van der Waals surface area contributed by atoms with E-state index in [9.17, 15) is 4.79 Å². The van der Waals surface area contributed by atoms with Gasteiger partial charge in [0.2, 0.25) is 0 Å². The van der Waals surface area contributed by atoms with E-state index < -0.39 is 0 Å². The molecule has 94 valence electrons. The molecule has 0 N–H and O–H groups in total. The molecule has 0 bridgehead atoms. The molecule has 0 radical (unpaired) electrons. The topological polar surface area (TPSA) is 22.0 Å². The van der Waals surface area contributed by atoms with Crippen LogP contribution >= 0.6 is 11.6 Å². The molecule has 1 aromatic rings. The third kappa shape index (κ3) is 1.83. The van der Waals surface area contributed by atoms with Crippen molar-refractivity contribution in [3.8, 4) is 0 Å². The highest BCUT2D eigenvalue weighted by molar-refractivity contribution is 6.30. The molecule has 0 unspecified atom stereocenters. The van der Waals surface area contributed by atoms with Gasteiger partial charge < -0.3 is 4.57 Å². The Balaban J connectivity index is 2.48. The average molecular weight is 254 g/mol. The molecule has 0 aromatic carbocycles. The first kappa shape index (κ1) is 12.7. The fourth-order valence-corrected chi connectivity index (χ4v) is 3.31. The van der Waals surface area contributed by atoms with E-state index in [1.54, 1.807) is 0 Å². The quantitative estimate of drug-likeness (QED) is 0.591. The predicted molar refractivity (Wildman–Crippen MR) is 71.1 cm³/mol. The van der Waals surface area contributed by atoms with Crippen LogP contribution in [0.3, 0.4) is 0 Å². The van der Waals surface area contributed by atoms with Gasteiger partial charge in [-0.05, 0) is 45.6 Å². The predicted octanol–water partition coefficient (Wildman–Crippen LogP) is 3.82. The third-order valence-electron chi connectivity index (χ3n) is 4.27. The van der Waals surface area contributed by atoms with Gasteiger partial charge in [-0.15, -0.1) is 11.6 Å². The standard InChI is InChI=1S/C14H20ClNO/c1-4-14(6-5-7-14)16-10(2)8-12(11(16)3)13(17)9-15/h8H,4-7,9H2,1-3H3. The Kier molecular flexibility index (Phi) is 3.35. The SMILES string of the molecule is CCC1(n2c(C)cc(C(=O)CCl)c2C)CCC1. The number of nitrogens with zero attached hydrogens (tertiary/aromatic N) is 1. The molecular formula is C14H20ClNO. The van der Waals surface area contributed by atoms with Crippen molar-refractivity contribution in [2.75, 3.05) is 5.88 Å². The molecule has 2 nitrogen and oxygen atoms in total. The first-order valence-corrected chi connectivity index (χ1v) is 6.88. The van der Waals surface area contributed by atoms with Gasteiger partial charge >= 0.3 is 0 Å². The zero-order valence-electron chi connectivity index (χ0n) is 10.8. The van der Waals surface area contributed by atoms with E-state index in [2.05, 4.69) is 18.4 Å². The van der Waals surface area contributed by atoms with Crippen LogP contribution in [0, 0.1) is 13.8 Å². The number of ketones is 1. The van der Waals surface area contributed by atoms with Crippen molar-refractivity contribution < 1.29 is 4.79 Å². The Morgan fingerprint density at radius 2 is 2.12 bits per heavy atom. The van der Waals surface area contributed by atoms with Gasteiger partial charge in [-0.2, -0.15) is 0 Å². The van der Waals surface area contributed by atoms with Crippen molar-refractivity contribution in [2.45, 2.75) is 52.0 Å². The Labute approximate surface area is 108 Å². The first-order chi connectivity index (χ1) is 8.05. The minimum atomic E-state index is 0.0385. The second-order valence-electron chi connectivity index (χ2n) is 5.11. The summed E-state index contributed by atoms with van der Waals surface area (Å²) >= 11 is 5.66. The minimum absolute atomic E-state index is 0.0385. The molecular weight excluding hydrogens is 234 g/mol. The van der Waals surface area contributed by atoms with Gasteiger partial charge in [0, 0.05) is 22.5 Å². The van der Waals surface area contributed by atoms with Crippen molar-refractivity contribution in [3.05, 3.63) is 23.0 Å². The summed E-state index contributed by atoms with van der Waals surface area (Å²) in [6, 6.07) is 2.00. The maximum Gasteiger partial charge on any atom is 0.179 e. The summed E-state index contributed by atoms with van der Waals surface area (Å²) in [5.41, 5.74) is 3.35. The number of halogens is 1. The molecule has 3 heteroatoms. The van der Waals surface area contributed by atoms with E-state index in [1.807, 2.05) is 13.0 Å². The van der Waals surface area contributed by atoms with Crippen LogP contribution < -0.4 is 0 Å². The maximum absolute atomic E-state index is 11.8. The lowest BCUT2D eigenvalue weighted by Gasteiger charge is -2.45. The van der Waals surface area contributed by atoms with Crippen molar-refractivity contribution >= 4 is 17.4 Å². The molecule has 1 aromatic heterocycles. The fraction of sp³-hybridized carbons (Fsp3) is 0.643. The lowest BCUT2D eigenvalue weighted by Crippen LogP contribution is -2.41. The molecule has 0 amide bonds. The van der Waals surface area contributed by atoms with E-state index >= 15 is 0 Å². The number of rotatable bonds is 4. The normalized spacial score (nSPS) is 17.9. The summed E-state index contributed by atoms with van der Waals surface area (Å²) in [4.78, 5) is 11.8. The smallest absolute Gasteiger partial charge is 0.179 e. The number of hydrogen-bond donors (Lipinski definition) is 0. The Morgan fingerprint density at radius 3 is 2.53 bits per heavy atom. The van der Waals surface area contributed by atoms with E-state index in [1.165, 1.54) is 25.0 Å². The summed E-state index contributed by atoms with van der Waals surface area (Å²) in [6.07, 6.45) is 4.89. The summed E-state index contributed by atoms with van der Waals surface area (Å²) in [5.74, 6) is 0.111. The van der Waals surface area contributed by atoms with Crippen LogP contribution in [-0.4, -0.2) is 16.2 Å². The van der Waals surface area contributed by atoms with Crippen LogP contribution in [-0.2, 0) is 5.54 Å². The largest absolute Gasteiger partial charge is 0.342 e. The molecule has 0 saturated heterocycles. The van der Waals surface area contributed by atoms with Gasteiger partial charge in [0.15, 0.2) is 5.78 Å². The highest BCUT2D eigenvalue weighted by Gasteiger charge is 2.39. The van der Waals surface area contributed by atoms with E-state index in [0.717, 1.165) is 17.7 Å². The van der Waals surface area contributed by atoms with Crippen LogP contribution in [0.25, 0.3) is 0 Å². The second kappa shape index (κ2) is 4.49. The molecule has 1 aliphatic rings. The molecule has 1 aliphatic carbocycles. The number of Topliss-reactive ketones (excluding diaryl/α,β-unsaturated/α-hetero) is 1. The number of aromatic nitrogens is 1. The van der Waals surface area contributed by atoms with Crippen molar-refractivity contribution in [1.29, 1.82) is 0 Å². The van der Waals surface area contributed by atoms with Gasteiger partial charge in [-0.3, -0.25) is 4.79 Å². The zero-order chi connectivity index (χ0) is 12.6. The maximum atomic E-state index is 11.8. The monoisotopic (exact) mass is 253 g/mol. The van der Waals surface area contributed by atoms with Gasteiger partial charge in [0.25, 0.3) is 0 Å². The van der Waals surface area contributed by atoms with Crippen LogP contribution in [0.2, 0.25) is 0 Å². The van der Waals surface area contributed by atoms with Crippen LogP contribution in [0.1, 0.15) is 54.4 Å². The van der Waals surface area contributed by atoms with E-state index in [-0.39, 0.29) is 17.2 Å². The molecule has 2 rings (SSSR count). The molecule has 1 saturated carbocycles. The molecule has 0 spiro atoms. The number of carbonyl (C=O) groups is 1. The summed E-state index contributed by atoms with van der Waals surface area (Å²) < 4.78 is 2.37. The van der Waals surface area contributed by atoms with Gasteiger partial charge in [0.1, 0.15) is 0 Å². The first-order valence-electron chi connectivity index (χ1n) is 6.34. The minimum Gasteiger partial charge on any atom is -0.342 e. The highest BCUT2D eigenvalue weighted by atomic mass is 35.5. The Hall–Kier alpha value is -0.760. The highest BCUT2D eigenvalue weighted by Crippen LogP contribution is 2.44. The summed E-state index contributed by atoms with van der Waals surface area (Å²) in [5, 5.41) is 0. The van der Waals surface area contributed by atoms with Crippen LogP contribution in [0.15, 0.2) is 6.07 Å². The fourth-order valence-electron chi connectivity index (χ4n) is 3.17. The van der Waals surface area contributed by atoms with Crippen molar-refractivity contribution in [1.82, 2.24) is 4.57 Å². The zero-order valence-corrected chi connectivity index (χ0v) is 11.6. The Bertz CT molecular complexity index is 438. The number of aryl methyl sites for hydroxylation is 1. The number of carbonyl (C=O) groups excluding carboxylic acids is 1. The lowest BCUT2D eigenvalue weighted by atomic mass is 9.74. The Morgan fingerprint density at radius 1 is 1.47 bits per heavy atom. The van der Waals surface area contributed by atoms with Crippen molar-refractivity contribution in [2.24, 2.45) is 0 Å². The molecule has 0 aliphatic heterocycles. The van der Waals surface area contributed by atoms with Crippen molar-refractivity contribution in [3.63, 3.8) is 0 Å². The summed E-state index contributed by atoms with van der Waals surface area (Å²) in [7, 11) is 0. The van der Waals surface area contributed by atoms with Gasteiger partial charge in [-0.25, -0.2) is 0 Å². The van der Waals surface area contributed by atoms with E-state index in [0.29, 0.717) is 0 Å². The van der Waals surface area contributed by atoms with E-state index in [4.69, 9.17) is 11.6 Å². The van der Waals surface area contributed by atoms with Crippen LogP contribution in [0.4, 0.5) is 0 Å². The molecule has 1 heterocycles. The number of hydrogen-bond acceptors (Lipinski definition) is 1. The molecule has 1 fully saturated rings.